The van der Waals surface area contributed by atoms with Crippen LogP contribution < -0.4 is 0 Å². The molecule has 2 rings (SSSR count). The normalized spacial score (nSPS) is 19.5. The van der Waals surface area contributed by atoms with Gasteiger partial charge >= 0.3 is 0 Å². The fourth-order valence-electron chi connectivity index (χ4n) is 2.06. The molecule has 0 aliphatic carbocycles. The van der Waals surface area contributed by atoms with E-state index in [0.717, 1.165) is 0 Å². The molecule has 0 spiro atoms. The number of hydrogen-bond donors (Lipinski definition) is 0. The Morgan fingerprint density at radius 1 is 1.27 bits per heavy atom. The number of hydrogen-bond acceptors (Lipinski definition) is 1. The maximum absolute atomic E-state index is 13.7. The molecular formula is C13H13FO. The van der Waals surface area contributed by atoms with E-state index in [-0.39, 0.29) is 5.82 Å². The highest BCUT2D eigenvalue weighted by Crippen LogP contribution is 2.35. The fourth-order valence-corrected chi connectivity index (χ4v) is 2.06. The van der Waals surface area contributed by atoms with Gasteiger partial charge < -0.3 is 4.74 Å². The van der Waals surface area contributed by atoms with Crippen LogP contribution in [0.4, 0.5) is 4.39 Å². The zero-order valence-electron chi connectivity index (χ0n) is 8.50. The lowest BCUT2D eigenvalue weighted by atomic mass is 9.75. The van der Waals surface area contributed by atoms with Crippen LogP contribution >= 0.6 is 0 Å². The summed E-state index contributed by atoms with van der Waals surface area (Å²) in [6.45, 7) is 1.22. The second kappa shape index (κ2) is 4.04. The van der Waals surface area contributed by atoms with Crippen LogP contribution in [0.5, 0.6) is 0 Å². The van der Waals surface area contributed by atoms with Crippen LogP contribution in [0.2, 0.25) is 0 Å². The molecule has 1 saturated heterocycles. The summed E-state index contributed by atoms with van der Waals surface area (Å²) in [5.41, 5.74) is 0.166. The lowest BCUT2D eigenvalue weighted by Gasteiger charge is -2.33. The Morgan fingerprint density at radius 2 is 1.93 bits per heavy atom. The van der Waals surface area contributed by atoms with Gasteiger partial charge in [0, 0.05) is 18.8 Å². The van der Waals surface area contributed by atoms with Crippen LogP contribution in [0.3, 0.4) is 0 Å². The minimum Gasteiger partial charge on any atom is -0.381 e. The third-order valence-electron chi connectivity index (χ3n) is 3.01. The number of terminal acetylenes is 1. The topological polar surface area (TPSA) is 9.23 Å². The zero-order valence-corrected chi connectivity index (χ0v) is 8.50. The first-order chi connectivity index (χ1) is 7.28. The summed E-state index contributed by atoms with van der Waals surface area (Å²) in [5.74, 6) is 2.54. The summed E-state index contributed by atoms with van der Waals surface area (Å²) in [6.07, 6.45) is 6.96. The molecule has 15 heavy (non-hydrogen) atoms. The lowest BCUT2D eigenvalue weighted by Crippen LogP contribution is -2.33. The van der Waals surface area contributed by atoms with Crippen molar-refractivity contribution >= 4 is 0 Å². The molecule has 0 aromatic heterocycles. The third kappa shape index (κ3) is 1.75. The number of halogens is 1. The van der Waals surface area contributed by atoms with Gasteiger partial charge in [-0.3, -0.25) is 0 Å². The molecule has 0 radical (unpaired) electrons. The largest absolute Gasteiger partial charge is 0.381 e. The molecule has 1 fully saturated rings. The van der Waals surface area contributed by atoms with E-state index < -0.39 is 5.41 Å². The van der Waals surface area contributed by atoms with E-state index >= 15 is 0 Å². The van der Waals surface area contributed by atoms with E-state index in [0.29, 0.717) is 31.6 Å². The monoisotopic (exact) mass is 204 g/mol. The predicted molar refractivity (Wildman–Crippen MR) is 57.0 cm³/mol. The van der Waals surface area contributed by atoms with Gasteiger partial charge in [0.15, 0.2) is 0 Å². The van der Waals surface area contributed by atoms with Gasteiger partial charge in [-0.2, -0.15) is 0 Å². The second-order valence-electron chi connectivity index (χ2n) is 3.82. The average Bonchev–Trinajstić information content (AvgIpc) is 2.30. The molecule has 1 aromatic rings. The highest BCUT2D eigenvalue weighted by Gasteiger charge is 2.34. The van der Waals surface area contributed by atoms with Gasteiger partial charge in [-0.1, -0.05) is 24.1 Å². The molecule has 78 valence electrons. The van der Waals surface area contributed by atoms with Gasteiger partial charge in [0.1, 0.15) is 5.82 Å². The van der Waals surface area contributed by atoms with Crippen molar-refractivity contribution in [3.63, 3.8) is 0 Å². The number of benzene rings is 1. The van der Waals surface area contributed by atoms with Crippen LogP contribution in [-0.2, 0) is 10.2 Å². The fraction of sp³-hybridized carbons (Fsp3) is 0.385. The van der Waals surface area contributed by atoms with Gasteiger partial charge in [-0.15, -0.1) is 6.42 Å². The van der Waals surface area contributed by atoms with Gasteiger partial charge in [0.2, 0.25) is 0 Å². The van der Waals surface area contributed by atoms with Crippen LogP contribution in [0.15, 0.2) is 24.3 Å². The minimum absolute atomic E-state index is 0.211. The standard InChI is InChI=1S/C13H13FO/c1-2-13(7-9-15-10-8-13)11-5-3-4-6-12(11)14/h1,3-6H,7-10H2. The van der Waals surface area contributed by atoms with Crippen LogP contribution in [0.1, 0.15) is 18.4 Å². The maximum Gasteiger partial charge on any atom is 0.127 e. The Bertz CT molecular complexity index is 386. The lowest BCUT2D eigenvalue weighted by molar-refractivity contribution is 0.0672. The molecule has 1 heterocycles. The van der Waals surface area contributed by atoms with Crippen molar-refractivity contribution < 1.29 is 9.13 Å². The maximum atomic E-state index is 13.7. The van der Waals surface area contributed by atoms with E-state index in [1.165, 1.54) is 6.07 Å². The quantitative estimate of drug-likeness (QED) is 0.639. The highest BCUT2D eigenvalue weighted by molar-refractivity contribution is 5.35. The van der Waals surface area contributed by atoms with Crippen molar-refractivity contribution in [3.05, 3.63) is 35.6 Å². The Labute approximate surface area is 89.3 Å². The van der Waals surface area contributed by atoms with Crippen molar-refractivity contribution in [2.75, 3.05) is 13.2 Å². The van der Waals surface area contributed by atoms with Gasteiger partial charge in [-0.05, 0) is 18.9 Å². The molecule has 0 unspecified atom stereocenters. The van der Waals surface area contributed by atoms with E-state index in [1.54, 1.807) is 12.1 Å². The Balaban J connectivity index is 2.42. The molecule has 0 atom stereocenters. The molecular weight excluding hydrogens is 191 g/mol. The summed E-state index contributed by atoms with van der Waals surface area (Å²) in [6, 6.07) is 6.75. The van der Waals surface area contributed by atoms with Gasteiger partial charge in [0.05, 0.1) is 5.41 Å². The van der Waals surface area contributed by atoms with Crippen LogP contribution in [-0.4, -0.2) is 13.2 Å². The summed E-state index contributed by atoms with van der Waals surface area (Å²) >= 11 is 0. The van der Waals surface area contributed by atoms with Crippen molar-refractivity contribution in [1.29, 1.82) is 0 Å². The predicted octanol–water partition coefficient (Wildman–Crippen LogP) is 2.51. The summed E-state index contributed by atoms with van der Waals surface area (Å²) in [5, 5.41) is 0. The van der Waals surface area contributed by atoms with E-state index in [4.69, 9.17) is 11.2 Å². The average molecular weight is 204 g/mol. The molecule has 2 heteroatoms. The molecule has 1 aromatic carbocycles. The van der Waals surface area contributed by atoms with Crippen molar-refractivity contribution in [3.8, 4) is 12.3 Å². The first-order valence-corrected chi connectivity index (χ1v) is 5.09. The van der Waals surface area contributed by atoms with Crippen molar-refractivity contribution in [1.82, 2.24) is 0 Å². The molecule has 0 saturated carbocycles. The Hall–Kier alpha value is -1.33. The summed E-state index contributed by atoms with van der Waals surface area (Å²) in [7, 11) is 0. The Kier molecular flexibility index (Phi) is 2.75. The molecule has 0 N–H and O–H groups in total. The summed E-state index contributed by atoms with van der Waals surface area (Å²) in [4.78, 5) is 0. The number of ether oxygens (including phenoxy) is 1. The highest BCUT2D eigenvalue weighted by atomic mass is 19.1. The van der Waals surface area contributed by atoms with Crippen LogP contribution in [0.25, 0.3) is 0 Å². The molecule has 0 amide bonds. The van der Waals surface area contributed by atoms with E-state index in [2.05, 4.69) is 5.92 Å². The molecule has 0 bridgehead atoms. The Morgan fingerprint density at radius 3 is 2.53 bits per heavy atom. The van der Waals surface area contributed by atoms with Gasteiger partial charge in [-0.25, -0.2) is 4.39 Å². The van der Waals surface area contributed by atoms with Gasteiger partial charge in [0.25, 0.3) is 0 Å². The van der Waals surface area contributed by atoms with Crippen molar-refractivity contribution in [2.24, 2.45) is 0 Å². The van der Waals surface area contributed by atoms with Crippen LogP contribution in [0, 0.1) is 18.2 Å². The van der Waals surface area contributed by atoms with E-state index in [9.17, 15) is 4.39 Å². The first-order valence-electron chi connectivity index (χ1n) is 5.09. The SMILES string of the molecule is C#CC1(c2ccccc2F)CCOCC1. The number of rotatable bonds is 1. The third-order valence-corrected chi connectivity index (χ3v) is 3.01. The zero-order chi connectivity index (χ0) is 10.7. The molecule has 1 nitrogen and oxygen atoms in total. The van der Waals surface area contributed by atoms with E-state index in [1.807, 2.05) is 6.07 Å². The summed E-state index contributed by atoms with van der Waals surface area (Å²) < 4.78 is 18.9. The molecule has 1 aliphatic heterocycles. The molecule has 1 aliphatic rings. The smallest absolute Gasteiger partial charge is 0.127 e. The van der Waals surface area contributed by atoms with Crippen molar-refractivity contribution in [2.45, 2.75) is 18.3 Å². The second-order valence-corrected chi connectivity index (χ2v) is 3.82. The first kappa shape index (κ1) is 10.2. The minimum atomic E-state index is -0.469.